The molecule has 0 heterocycles. The van der Waals surface area contributed by atoms with Crippen LogP contribution in [0.3, 0.4) is 0 Å². The smallest absolute Gasteiger partial charge is 0.0940 e. The van der Waals surface area contributed by atoms with E-state index < -0.39 is 8.07 Å². The lowest BCUT2D eigenvalue weighted by atomic mass is 10.9. The lowest BCUT2D eigenvalue weighted by Gasteiger charge is -2.16. The van der Waals surface area contributed by atoms with Crippen LogP contribution >= 0.6 is 0 Å². The first kappa shape index (κ1) is 10.4. The van der Waals surface area contributed by atoms with Crippen molar-refractivity contribution >= 4 is 17.8 Å². The Labute approximate surface area is 68.7 Å². The molecule has 0 amide bonds. The highest BCUT2D eigenvalue weighted by Crippen LogP contribution is 2.10. The molecule has 0 saturated carbocycles. The molecule has 0 fully saturated rings. The van der Waals surface area contributed by atoms with Gasteiger partial charge in [0.2, 0.25) is 0 Å². The molecule has 0 radical (unpaired) electrons. The molecule has 0 aromatic rings. The maximum Gasteiger partial charge on any atom is 0.0940 e. The van der Waals surface area contributed by atoms with Crippen LogP contribution < -0.4 is 0 Å². The summed E-state index contributed by atoms with van der Waals surface area (Å²) in [5, 5.41) is 0. The van der Waals surface area contributed by atoms with Gasteiger partial charge in [-0.1, -0.05) is 31.7 Å². The quantitative estimate of drug-likeness (QED) is 0.584. The largest absolute Gasteiger partial charge is 0.334 e. The summed E-state index contributed by atoms with van der Waals surface area (Å²) >= 11 is 0. The first-order chi connectivity index (χ1) is 4.42. The van der Waals surface area contributed by atoms with Crippen LogP contribution in [0.1, 0.15) is 0 Å². The van der Waals surface area contributed by atoms with E-state index in [1.54, 1.807) is 0 Å². The van der Waals surface area contributed by atoms with E-state index in [-0.39, 0.29) is 9.68 Å². The molecular weight excluding hydrogens is 154 g/mol. The third-order valence-electron chi connectivity index (χ3n) is 1.53. The molecule has 10 heavy (non-hydrogen) atoms. The standard InChI is InChI=1S/C7H21NSi2/c1-8(2)9-6-7-10(3,4)5/h6-7,9H2,1-5H3. The van der Waals surface area contributed by atoms with Crippen LogP contribution in [0.15, 0.2) is 0 Å². The van der Waals surface area contributed by atoms with Gasteiger partial charge in [0.25, 0.3) is 0 Å². The third kappa shape index (κ3) is 8.39. The van der Waals surface area contributed by atoms with Crippen molar-refractivity contribution < 1.29 is 0 Å². The normalized spacial score (nSPS) is 13.8. The third-order valence-corrected chi connectivity index (χ3v) is 5.66. The monoisotopic (exact) mass is 175 g/mol. The highest BCUT2D eigenvalue weighted by atomic mass is 28.3. The van der Waals surface area contributed by atoms with Crippen LogP contribution in [0.5, 0.6) is 0 Å². The fourth-order valence-electron chi connectivity index (χ4n) is 0.926. The first-order valence-electron chi connectivity index (χ1n) is 4.06. The molecule has 0 rings (SSSR count). The predicted molar refractivity (Wildman–Crippen MR) is 55.2 cm³/mol. The topological polar surface area (TPSA) is 3.24 Å². The van der Waals surface area contributed by atoms with E-state index in [4.69, 9.17) is 0 Å². The Balaban J connectivity index is 3.21. The minimum absolute atomic E-state index is 0.134. The fraction of sp³-hybridized carbons (Fsp3) is 1.00. The molecule has 0 saturated heterocycles. The minimum Gasteiger partial charge on any atom is -0.334 e. The minimum atomic E-state index is -0.716. The number of nitrogens with zero attached hydrogens (tertiary/aromatic N) is 1. The molecule has 0 aliphatic heterocycles. The van der Waals surface area contributed by atoms with Gasteiger partial charge >= 0.3 is 0 Å². The molecule has 0 bridgehead atoms. The zero-order chi connectivity index (χ0) is 8.20. The summed E-state index contributed by atoms with van der Waals surface area (Å²) in [6.45, 7) is 7.37. The summed E-state index contributed by atoms with van der Waals surface area (Å²) in [6.07, 6.45) is 0. The summed E-state index contributed by atoms with van der Waals surface area (Å²) in [4.78, 5) is 0. The van der Waals surface area contributed by atoms with E-state index in [9.17, 15) is 0 Å². The van der Waals surface area contributed by atoms with Gasteiger partial charge in [-0.25, -0.2) is 0 Å². The molecule has 0 N–H and O–H groups in total. The number of hydrogen-bond donors (Lipinski definition) is 0. The van der Waals surface area contributed by atoms with E-state index in [2.05, 4.69) is 38.3 Å². The van der Waals surface area contributed by atoms with E-state index in [1.165, 1.54) is 12.1 Å². The van der Waals surface area contributed by atoms with Crippen molar-refractivity contribution in [3.63, 3.8) is 0 Å². The molecular formula is C7H21NSi2. The summed E-state index contributed by atoms with van der Waals surface area (Å²) in [5.41, 5.74) is 0. The van der Waals surface area contributed by atoms with Crippen molar-refractivity contribution in [2.75, 3.05) is 14.1 Å². The van der Waals surface area contributed by atoms with Crippen LogP contribution in [-0.4, -0.2) is 36.4 Å². The van der Waals surface area contributed by atoms with E-state index in [1.807, 2.05) is 0 Å². The van der Waals surface area contributed by atoms with Gasteiger partial charge in [-0.15, -0.1) is 0 Å². The zero-order valence-corrected chi connectivity index (χ0v) is 10.5. The fourth-order valence-corrected chi connectivity index (χ4v) is 6.43. The van der Waals surface area contributed by atoms with Crippen LogP contribution in [0, 0.1) is 0 Å². The summed E-state index contributed by atoms with van der Waals surface area (Å²) in [7, 11) is 3.83. The maximum atomic E-state index is 2.46. The number of rotatable bonds is 4. The summed E-state index contributed by atoms with van der Waals surface area (Å²) in [5.74, 6) is 0. The van der Waals surface area contributed by atoms with Crippen LogP contribution in [0.25, 0.3) is 0 Å². The Morgan fingerprint density at radius 3 is 2.00 bits per heavy atom. The molecule has 0 aromatic heterocycles. The van der Waals surface area contributed by atoms with Gasteiger partial charge < -0.3 is 4.57 Å². The lowest BCUT2D eigenvalue weighted by Crippen LogP contribution is -2.23. The van der Waals surface area contributed by atoms with Crippen molar-refractivity contribution in [3.05, 3.63) is 0 Å². The SMILES string of the molecule is CN(C)[SiH2]CC[Si](C)(C)C. The Morgan fingerprint density at radius 1 is 1.20 bits per heavy atom. The van der Waals surface area contributed by atoms with Gasteiger partial charge in [0.15, 0.2) is 0 Å². The molecule has 0 aliphatic carbocycles. The van der Waals surface area contributed by atoms with E-state index >= 15 is 0 Å². The summed E-state index contributed by atoms with van der Waals surface area (Å²) < 4.78 is 2.40. The second-order valence-electron chi connectivity index (χ2n) is 4.47. The van der Waals surface area contributed by atoms with Gasteiger partial charge in [0.05, 0.1) is 9.68 Å². The van der Waals surface area contributed by atoms with Gasteiger partial charge in [0, 0.05) is 8.07 Å². The molecule has 0 aliphatic rings. The molecule has 1 nitrogen and oxygen atoms in total. The molecule has 0 spiro atoms. The molecule has 0 aromatic carbocycles. The van der Waals surface area contributed by atoms with Crippen molar-refractivity contribution in [2.45, 2.75) is 31.7 Å². The Hall–Kier alpha value is 0.394. The van der Waals surface area contributed by atoms with E-state index in [0.717, 1.165) is 0 Å². The summed E-state index contributed by atoms with van der Waals surface area (Å²) in [6, 6.07) is 3.04. The maximum absolute atomic E-state index is 2.46. The average molecular weight is 175 g/mol. The molecule has 0 unspecified atom stereocenters. The van der Waals surface area contributed by atoms with Crippen molar-refractivity contribution in [2.24, 2.45) is 0 Å². The van der Waals surface area contributed by atoms with Gasteiger partial charge in [-0.2, -0.15) is 0 Å². The first-order valence-corrected chi connectivity index (χ1v) is 9.40. The predicted octanol–water partition coefficient (Wildman–Crippen LogP) is 1.39. The van der Waals surface area contributed by atoms with Gasteiger partial charge in [-0.05, 0) is 14.1 Å². The molecule has 3 heteroatoms. The van der Waals surface area contributed by atoms with Gasteiger partial charge in [0.1, 0.15) is 0 Å². The highest BCUT2D eigenvalue weighted by molar-refractivity contribution is 6.76. The van der Waals surface area contributed by atoms with Crippen LogP contribution in [-0.2, 0) is 0 Å². The van der Waals surface area contributed by atoms with Gasteiger partial charge in [-0.3, -0.25) is 0 Å². The van der Waals surface area contributed by atoms with Crippen molar-refractivity contribution in [1.82, 2.24) is 4.57 Å². The Bertz CT molecular complexity index is 86.1. The van der Waals surface area contributed by atoms with E-state index in [0.29, 0.717) is 0 Å². The number of hydrogen-bond acceptors (Lipinski definition) is 1. The average Bonchev–Trinajstić information content (AvgIpc) is 1.59. The Kier molecular flexibility index (Phi) is 4.48. The van der Waals surface area contributed by atoms with Crippen LogP contribution in [0.4, 0.5) is 0 Å². The van der Waals surface area contributed by atoms with Crippen molar-refractivity contribution in [1.29, 1.82) is 0 Å². The molecule has 0 atom stereocenters. The molecule has 62 valence electrons. The van der Waals surface area contributed by atoms with Crippen LogP contribution in [0.2, 0.25) is 31.7 Å². The highest BCUT2D eigenvalue weighted by Gasteiger charge is 2.11. The Morgan fingerprint density at radius 2 is 1.70 bits per heavy atom. The lowest BCUT2D eigenvalue weighted by molar-refractivity contribution is 0.658. The van der Waals surface area contributed by atoms with Crippen molar-refractivity contribution in [3.8, 4) is 0 Å². The zero-order valence-electron chi connectivity index (χ0n) is 8.07. The second-order valence-corrected chi connectivity index (χ2v) is 12.5. The second kappa shape index (κ2) is 4.31.